The number of hydrogen-bond acceptors (Lipinski definition) is 5. The second kappa shape index (κ2) is 5.21. The van der Waals surface area contributed by atoms with Crippen molar-refractivity contribution in [3.8, 4) is 0 Å². The topological polar surface area (TPSA) is 77.0 Å². The van der Waals surface area contributed by atoms with Crippen molar-refractivity contribution in [1.29, 1.82) is 0 Å². The number of nitrogen functional groups attached to an aromatic ring is 1. The first kappa shape index (κ1) is 12.5. The third-order valence-electron chi connectivity index (χ3n) is 3.25. The van der Waals surface area contributed by atoms with E-state index in [0.29, 0.717) is 16.7 Å². The number of para-hydroxylation sites is 1. The molecule has 3 rings (SSSR count). The molecule has 0 fully saturated rings. The van der Waals surface area contributed by atoms with Gasteiger partial charge >= 0.3 is 0 Å². The molecule has 0 aliphatic heterocycles. The summed E-state index contributed by atoms with van der Waals surface area (Å²) in [5.41, 5.74) is 10.8. The highest BCUT2D eigenvalue weighted by atomic mass is 16.6. The average Bonchev–Trinajstić information content (AvgIpc) is 2.95. The van der Waals surface area contributed by atoms with Crippen LogP contribution in [0.3, 0.4) is 0 Å². The molecule has 0 amide bonds. The average molecular weight is 268 g/mol. The summed E-state index contributed by atoms with van der Waals surface area (Å²) in [7, 11) is 0. The molecule has 2 aromatic carbocycles. The molecular weight excluding hydrogens is 252 g/mol. The molecule has 0 bridgehead atoms. The zero-order valence-corrected chi connectivity index (χ0v) is 11.3. The van der Waals surface area contributed by atoms with Gasteiger partial charge in [0.05, 0.1) is 11.4 Å². The summed E-state index contributed by atoms with van der Waals surface area (Å²) < 4.78 is 4.78. The molecule has 3 aromatic rings. The van der Waals surface area contributed by atoms with E-state index < -0.39 is 0 Å². The predicted octanol–water partition coefficient (Wildman–Crippen LogP) is 3.50. The summed E-state index contributed by atoms with van der Waals surface area (Å²) in [6, 6.07) is 11.9. The first-order valence-corrected chi connectivity index (χ1v) is 6.65. The van der Waals surface area contributed by atoms with Gasteiger partial charge in [-0.3, -0.25) is 0 Å². The molecule has 1 aromatic heterocycles. The van der Waals surface area contributed by atoms with Crippen LogP contribution >= 0.6 is 0 Å². The third-order valence-corrected chi connectivity index (χ3v) is 3.25. The number of benzene rings is 2. The standard InChI is InChI=1S/C15H16N4O/c1-2-5-10-6-3-4-7-12(10)17-13-9-8-11(16)14-15(13)19-20-18-14/h3-4,6-9,17H,2,5,16H2,1H3. The number of hydrogen-bond donors (Lipinski definition) is 2. The molecule has 20 heavy (non-hydrogen) atoms. The second-order valence-electron chi connectivity index (χ2n) is 4.70. The van der Waals surface area contributed by atoms with Crippen LogP contribution in [0.2, 0.25) is 0 Å². The number of nitrogens with one attached hydrogen (secondary N) is 1. The molecule has 0 radical (unpaired) electrons. The monoisotopic (exact) mass is 268 g/mol. The Bertz CT molecular complexity index is 736. The SMILES string of the molecule is CCCc1ccccc1Nc1ccc(N)c2nonc12. The van der Waals surface area contributed by atoms with Crippen molar-refractivity contribution in [2.75, 3.05) is 11.1 Å². The molecule has 0 saturated carbocycles. The predicted molar refractivity (Wildman–Crippen MR) is 79.9 cm³/mol. The van der Waals surface area contributed by atoms with Crippen molar-refractivity contribution >= 4 is 28.1 Å². The molecule has 3 N–H and O–H groups in total. The maximum atomic E-state index is 5.85. The van der Waals surface area contributed by atoms with E-state index in [0.717, 1.165) is 24.2 Å². The quantitative estimate of drug-likeness (QED) is 0.708. The normalized spacial score (nSPS) is 10.8. The Labute approximate surface area is 116 Å². The van der Waals surface area contributed by atoms with Gasteiger partial charge in [-0.1, -0.05) is 31.5 Å². The van der Waals surface area contributed by atoms with E-state index in [1.54, 1.807) is 6.07 Å². The minimum Gasteiger partial charge on any atom is -0.397 e. The minimum atomic E-state index is 0.564. The molecular formula is C15H16N4O. The Morgan fingerprint density at radius 1 is 1.05 bits per heavy atom. The lowest BCUT2D eigenvalue weighted by atomic mass is 10.1. The van der Waals surface area contributed by atoms with Gasteiger partial charge in [-0.05, 0) is 40.5 Å². The van der Waals surface area contributed by atoms with Gasteiger partial charge in [-0.2, -0.15) is 0 Å². The van der Waals surface area contributed by atoms with Gasteiger partial charge in [0.2, 0.25) is 0 Å². The minimum absolute atomic E-state index is 0.564. The highest BCUT2D eigenvalue weighted by Gasteiger charge is 2.11. The van der Waals surface area contributed by atoms with E-state index in [9.17, 15) is 0 Å². The van der Waals surface area contributed by atoms with E-state index >= 15 is 0 Å². The van der Waals surface area contributed by atoms with Crippen LogP contribution in [0.5, 0.6) is 0 Å². The van der Waals surface area contributed by atoms with Gasteiger partial charge in [0.25, 0.3) is 0 Å². The first-order chi connectivity index (χ1) is 9.79. The summed E-state index contributed by atoms with van der Waals surface area (Å²) in [6.45, 7) is 2.17. The van der Waals surface area contributed by atoms with E-state index in [-0.39, 0.29) is 0 Å². The third kappa shape index (κ3) is 2.18. The van der Waals surface area contributed by atoms with E-state index in [2.05, 4.69) is 34.7 Å². The number of aryl methyl sites for hydroxylation is 1. The summed E-state index contributed by atoms with van der Waals surface area (Å²) in [4.78, 5) is 0. The van der Waals surface area contributed by atoms with Gasteiger partial charge in [-0.25, -0.2) is 4.63 Å². The van der Waals surface area contributed by atoms with Crippen LogP contribution in [0.25, 0.3) is 11.0 Å². The number of anilines is 3. The van der Waals surface area contributed by atoms with Crippen molar-refractivity contribution in [3.05, 3.63) is 42.0 Å². The van der Waals surface area contributed by atoms with Crippen molar-refractivity contribution in [2.45, 2.75) is 19.8 Å². The van der Waals surface area contributed by atoms with E-state index in [1.165, 1.54) is 5.56 Å². The Morgan fingerprint density at radius 2 is 1.85 bits per heavy atom. The fourth-order valence-corrected chi connectivity index (χ4v) is 2.26. The molecule has 0 unspecified atom stereocenters. The lowest BCUT2D eigenvalue weighted by Gasteiger charge is -2.11. The fraction of sp³-hybridized carbons (Fsp3) is 0.200. The number of rotatable bonds is 4. The van der Waals surface area contributed by atoms with Crippen molar-refractivity contribution in [2.24, 2.45) is 0 Å². The van der Waals surface area contributed by atoms with Crippen LogP contribution in [0, 0.1) is 0 Å². The Balaban J connectivity index is 2.01. The van der Waals surface area contributed by atoms with Crippen molar-refractivity contribution in [3.63, 3.8) is 0 Å². The summed E-state index contributed by atoms with van der Waals surface area (Å²) in [6.07, 6.45) is 2.12. The largest absolute Gasteiger partial charge is 0.397 e. The molecule has 0 atom stereocenters. The van der Waals surface area contributed by atoms with E-state index in [1.807, 2.05) is 18.2 Å². The van der Waals surface area contributed by atoms with Crippen LogP contribution in [-0.4, -0.2) is 10.3 Å². The lowest BCUT2D eigenvalue weighted by molar-refractivity contribution is 0.316. The Morgan fingerprint density at radius 3 is 2.70 bits per heavy atom. The maximum Gasteiger partial charge on any atom is 0.160 e. The number of nitrogens with two attached hydrogens (primary N) is 1. The first-order valence-electron chi connectivity index (χ1n) is 6.65. The molecule has 5 nitrogen and oxygen atoms in total. The van der Waals surface area contributed by atoms with Crippen LogP contribution in [-0.2, 0) is 6.42 Å². The van der Waals surface area contributed by atoms with Crippen molar-refractivity contribution in [1.82, 2.24) is 10.3 Å². The highest BCUT2D eigenvalue weighted by Crippen LogP contribution is 2.29. The van der Waals surface area contributed by atoms with Crippen molar-refractivity contribution < 1.29 is 4.63 Å². The molecule has 102 valence electrons. The van der Waals surface area contributed by atoms with Gasteiger partial charge in [0, 0.05) is 5.69 Å². The number of fused-ring (bicyclic) bond motifs is 1. The number of aromatic nitrogens is 2. The van der Waals surface area contributed by atoms with Gasteiger partial charge < -0.3 is 11.1 Å². The molecule has 5 heteroatoms. The van der Waals surface area contributed by atoms with Crippen LogP contribution in [0.4, 0.5) is 17.1 Å². The van der Waals surface area contributed by atoms with Gasteiger partial charge in [0.15, 0.2) is 11.0 Å². The second-order valence-corrected chi connectivity index (χ2v) is 4.70. The maximum absolute atomic E-state index is 5.85. The number of nitrogens with zero attached hydrogens (tertiary/aromatic N) is 2. The zero-order chi connectivity index (χ0) is 13.9. The summed E-state index contributed by atoms with van der Waals surface area (Å²) in [5.74, 6) is 0. The van der Waals surface area contributed by atoms with Gasteiger partial charge in [0.1, 0.15) is 0 Å². The molecule has 0 saturated heterocycles. The summed E-state index contributed by atoms with van der Waals surface area (Å²) >= 11 is 0. The Kier molecular flexibility index (Phi) is 3.25. The molecule has 0 spiro atoms. The van der Waals surface area contributed by atoms with Crippen LogP contribution in [0.1, 0.15) is 18.9 Å². The summed E-state index contributed by atoms with van der Waals surface area (Å²) in [5, 5.41) is 11.1. The fourth-order valence-electron chi connectivity index (χ4n) is 2.26. The van der Waals surface area contributed by atoms with Crippen LogP contribution < -0.4 is 11.1 Å². The molecule has 1 heterocycles. The van der Waals surface area contributed by atoms with Crippen LogP contribution in [0.15, 0.2) is 41.0 Å². The lowest BCUT2D eigenvalue weighted by Crippen LogP contribution is -1.97. The molecule has 0 aliphatic carbocycles. The smallest absolute Gasteiger partial charge is 0.160 e. The zero-order valence-electron chi connectivity index (χ0n) is 11.3. The highest BCUT2D eigenvalue weighted by molar-refractivity contribution is 5.96. The molecule has 0 aliphatic rings. The van der Waals surface area contributed by atoms with E-state index in [4.69, 9.17) is 10.4 Å². The Hall–Kier alpha value is -2.56. The van der Waals surface area contributed by atoms with Gasteiger partial charge in [-0.15, -0.1) is 0 Å².